The highest BCUT2D eigenvalue weighted by atomic mass is 32.2. The number of methoxy groups -OCH3 is 1. The van der Waals surface area contributed by atoms with Crippen LogP contribution in [0.4, 0.5) is 0 Å². The number of nitrogens with zero attached hydrogens (tertiary/aromatic N) is 1. The maximum absolute atomic E-state index is 12.6. The Morgan fingerprint density at radius 1 is 1.17 bits per heavy atom. The van der Waals surface area contributed by atoms with Crippen LogP contribution in [0.1, 0.15) is 16.7 Å². The van der Waals surface area contributed by atoms with Gasteiger partial charge < -0.3 is 9.47 Å². The maximum Gasteiger partial charge on any atom is 0.266 e. The van der Waals surface area contributed by atoms with Crippen molar-refractivity contribution in [1.29, 1.82) is 0 Å². The van der Waals surface area contributed by atoms with Gasteiger partial charge in [0.25, 0.3) is 5.91 Å². The molecule has 1 saturated heterocycles. The number of allylic oxidation sites excluding steroid dienone is 1. The molecule has 0 unspecified atom stereocenters. The molecule has 1 fully saturated rings. The summed E-state index contributed by atoms with van der Waals surface area (Å²) < 4.78 is 12.2. The molecule has 0 aliphatic carbocycles. The molecule has 0 aromatic heterocycles. The lowest BCUT2D eigenvalue weighted by Crippen LogP contribution is -2.27. The fourth-order valence-electron chi connectivity index (χ4n) is 3.06. The first-order chi connectivity index (χ1) is 14.6. The molecule has 1 heterocycles. The standard InChI is InChI=1S/C24H23NO3S2/c1-4-9-19-13-18(15-21-23(26)25(12-5-2)24(29)30-21)14-20(27-3)22(19)28-16-17-10-7-6-8-11-17/h4-8,10-11,13-15H,1-2,9,12,16H2,3H3/b21-15+. The third kappa shape index (κ3) is 5.01. The van der Waals surface area contributed by atoms with E-state index >= 15 is 0 Å². The minimum absolute atomic E-state index is 0.112. The van der Waals surface area contributed by atoms with Crippen molar-refractivity contribution < 1.29 is 14.3 Å². The first kappa shape index (κ1) is 21.9. The quantitative estimate of drug-likeness (QED) is 0.299. The Hall–Kier alpha value is -2.83. The van der Waals surface area contributed by atoms with Crippen molar-refractivity contribution in [3.8, 4) is 11.5 Å². The monoisotopic (exact) mass is 437 g/mol. The van der Waals surface area contributed by atoms with Crippen LogP contribution in [-0.4, -0.2) is 28.8 Å². The van der Waals surface area contributed by atoms with Crippen molar-refractivity contribution in [1.82, 2.24) is 4.90 Å². The molecule has 1 aliphatic heterocycles. The van der Waals surface area contributed by atoms with Crippen molar-refractivity contribution in [2.45, 2.75) is 13.0 Å². The normalized spacial score (nSPS) is 14.8. The highest BCUT2D eigenvalue weighted by Crippen LogP contribution is 2.37. The zero-order chi connectivity index (χ0) is 21.5. The second kappa shape index (κ2) is 10.3. The number of carbonyl (C=O) groups is 1. The van der Waals surface area contributed by atoms with Crippen LogP contribution in [0, 0.1) is 0 Å². The van der Waals surface area contributed by atoms with Crippen molar-refractivity contribution in [3.63, 3.8) is 0 Å². The van der Waals surface area contributed by atoms with Crippen LogP contribution in [-0.2, 0) is 17.8 Å². The Morgan fingerprint density at radius 3 is 2.60 bits per heavy atom. The van der Waals surface area contributed by atoms with E-state index in [0.717, 1.165) is 16.7 Å². The molecule has 0 spiro atoms. The van der Waals surface area contributed by atoms with E-state index in [2.05, 4.69) is 13.2 Å². The molecule has 0 bridgehead atoms. The number of thiocarbonyl (C=S) groups is 1. The van der Waals surface area contributed by atoms with Crippen LogP contribution >= 0.6 is 24.0 Å². The van der Waals surface area contributed by atoms with E-state index in [1.165, 1.54) is 16.7 Å². The van der Waals surface area contributed by atoms with Gasteiger partial charge >= 0.3 is 0 Å². The van der Waals surface area contributed by atoms with Gasteiger partial charge in [0.2, 0.25) is 0 Å². The molecule has 30 heavy (non-hydrogen) atoms. The van der Waals surface area contributed by atoms with Crippen LogP contribution < -0.4 is 9.47 Å². The van der Waals surface area contributed by atoms with Gasteiger partial charge in [0.15, 0.2) is 11.5 Å². The number of hydrogen-bond acceptors (Lipinski definition) is 5. The SMILES string of the molecule is C=CCc1cc(/C=C2/SC(=S)N(CC=C)C2=O)cc(OC)c1OCc1ccccc1. The molecule has 1 amide bonds. The minimum Gasteiger partial charge on any atom is -0.493 e. The summed E-state index contributed by atoms with van der Waals surface area (Å²) in [5, 5.41) is 0. The van der Waals surface area contributed by atoms with Crippen LogP contribution in [0.25, 0.3) is 6.08 Å². The predicted molar refractivity (Wildman–Crippen MR) is 128 cm³/mol. The molecule has 2 aromatic rings. The van der Waals surface area contributed by atoms with Crippen molar-refractivity contribution >= 4 is 40.3 Å². The zero-order valence-corrected chi connectivity index (χ0v) is 18.4. The Bertz CT molecular complexity index is 999. The van der Waals surface area contributed by atoms with Crippen LogP contribution in [0.5, 0.6) is 11.5 Å². The highest BCUT2D eigenvalue weighted by molar-refractivity contribution is 8.26. The summed E-state index contributed by atoms with van der Waals surface area (Å²) in [5.74, 6) is 1.18. The predicted octanol–water partition coefficient (Wildman–Crippen LogP) is 5.39. The molecule has 6 heteroatoms. The van der Waals surface area contributed by atoms with E-state index in [-0.39, 0.29) is 5.91 Å². The van der Waals surface area contributed by atoms with E-state index in [0.29, 0.717) is 40.3 Å². The second-order valence-electron chi connectivity index (χ2n) is 6.56. The van der Waals surface area contributed by atoms with Gasteiger partial charge in [-0.25, -0.2) is 0 Å². The summed E-state index contributed by atoms with van der Waals surface area (Å²) in [4.78, 5) is 14.7. The minimum atomic E-state index is -0.112. The van der Waals surface area contributed by atoms with E-state index in [1.54, 1.807) is 13.2 Å². The van der Waals surface area contributed by atoms with E-state index in [1.807, 2.05) is 54.6 Å². The molecule has 0 radical (unpaired) electrons. The lowest BCUT2D eigenvalue weighted by atomic mass is 10.0. The third-order valence-electron chi connectivity index (χ3n) is 4.45. The molecule has 0 atom stereocenters. The number of carbonyl (C=O) groups excluding carboxylic acids is 1. The molecular weight excluding hydrogens is 414 g/mol. The maximum atomic E-state index is 12.6. The van der Waals surface area contributed by atoms with E-state index in [4.69, 9.17) is 21.7 Å². The number of rotatable bonds is 9. The third-order valence-corrected chi connectivity index (χ3v) is 5.83. The topological polar surface area (TPSA) is 38.8 Å². The zero-order valence-electron chi connectivity index (χ0n) is 16.8. The summed E-state index contributed by atoms with van der Waals surface area (Å²) in [5.41, 5.74) is 2.85. The Kier molecular flexibility index (Phi) is 7.49. The second-order valence-corrected chi connectivity index (χ2v) is 8.24. The Labute approximate surface area is 186 Å². The van der Waals surface area contributed by atoms with Gasteiger partial charge in [0.1, 0.15) is 10.9 Å². The van der Waals surface area contributed by atoms with E-state index in [9.17, 15) is 4.79 Å². The average Bonchev–Trinajstić information content (AvgIpc) is 3.01. The molecule has 0 N–H and O–H groups in total. The summed E-state index contributed by atoms with van der Waals surface area (Å²) in [7, 11) is 1.61. The first-order valence-electron chi connectivity index (χ1n) is 9.42. The lowest BCUT2D eigenvalue weighted by molar-refractivity contribution is -0.121. The number of ether oxygens (including phenoxy) is 2. The van der Waals surface area contributed by atoms with Crippen LogP contribution in [0.15, 0.2) is 72.7 Å². The van der Waals surface area contributed by atoms with Gasteiger partial charge in [0.05, 0.1) is 12.0 Å². The number of thioether (sulfide) groups is 1. The molecular formula is C24H23NO3S2. The van der Waals surface area contributed by atoms with Crippen LogP contribution in [0.3, 0.4) is 0 Å². The van der Waals surface area contributed by atoms with Crippen molar-refractivity contribution in [2.24, 2.45) is 0 Å². The van der Waals surface area contributed by atoms with E-state index < -0.39 is 0 Å². The van der Waals surface area contributed by atoms with Gasteiger partial charge in [0, 0.05) is 12.1 Å². The van der Waals surface area contributed by atoms with Gasteiger partial charge in [-0.3, -0.25) is 9.69 Å². The summed E-state index contributed by atoms with van der Waals surface area (Å²) >= 11 is 6.61. The fraction of sp³-hybridized carbons (Fsp3) is 0.167. The summed E-state index contributed by atoms with van der Waals surface area (Å²) in [6, 6.07) is 13.8. The van der Waals surface area contributed by atoms with Gasteiger partial charge in [-0.05, 0) is 35.8 Å². The Morgan fingerprint density at radius 2 is 1.93 bits per heavy atom. The van der Waals surface area contributed by atoms with Gasteiger partial charge in [-0.15, -0.1) is 13.2 Å². The largest absolute Gasteiger partial charge is 0.493 e. The highest BCUT2D eigenvalue weighted by Gasteiger charge is 2.31. The van der Waals surface area contributed by atoms with Crippen molar-refractivity contribution in [2.75, 3.05) is 13.7 Å². The Balaban J connectivity index is 1.92. The van der Waals surface area contributed by atoms with Crippen LogP contribution in [0.2, 0.25) is 0 Å². The molecule has 1 aliphatic rings. The molecule has 154 valence electrons. The average molecular weight is 438 g/mol. The first-order valence-corrected chi connectivity index (χ1v) is 10.6. The number of hydrogen-bond donors (Lipinski definition) is 0. The molecule has 2 aromatic carbocycles. The fourth-order valence-corrected chi connectivity index (χ4v) is 4.33. The van der Waals surface area contributed by atoms with Crippen molar-refractivity contribution in [3.05, 3.63) is 89.4 Å². The van der Waals surface area contributed by atoms with Gasteiger partial charge in [-0.1, -0.05) is 66.5 Å². The molecule has 0 saturated carbocycles. The number of amides is 1. The lowest BCUT2D eigenvalue weighted by Gasteiger charge is -2.16. The summed E-state index contributed by atoms with van der Waals surface area (Å²) in [6.07, 6.45) is 5.92. The number of benzene rings is 2. The van der Waals surface area contributed by atoms with Gasteiger partial charge in [-0.2, -0.15) is 0 Å². The summed E-state index contributed by atoms with van der Waals surface area (Å²) in [6.45, 7) is 8.37. The smallest absolute Gasteiger partial charge is 0.266 e. The molecule has 3 rings (SSSR count). The molecule has 4 nitrogen and oxygen atoms in total.